The molecule has 0 radical (unpaired) electrons. The average Bonchev–Trinajstić information content (AvgIpc) is 3.39. The molecule has 0 fully saturated rings. The van der Waals surface area contributed by atoms with E-state index in [4.69, 9.17) is 14.5 Å². The second kappa shape index (κ2) is 9.11. The van der Waals surface area contributed by atoms with Crippen molar-refractivity contribution in [3.05, 3.63) is 77.6 Å². The fraction of sp³-hybridized carbons (Fsp3) is 0.286. The van der Waals surface area contributed by atoms with Crippen LogP contribution in [0.25, 0.3) is 11.3 Å². The Morgan fingerprint density at radius 1 is 1.08 bits per heavy atom. The van der Waals surface area contributed by atoms with Gasteiger partial charge in [-0.3, -0.25) is 9.78 Å². The number of hydrogen-bond acceptors (Lipinski definition) is 6. The quantitative estimate of drug-likeness (QED) is 0.396. The van der Waals surface area contributed by atoms with E-state index in [-0.39, 0.29) is 11.8 Å². The molecule has 0 bridgehead atoms. The summed E-state index contributed by atoms with van der Waals surface area (Å²) in [6.45, 7) is 4.83. The Balaban J connectivity index is 1.21. The minimum absolute atomic E-state index is 0.0190. The van der Waals surface area contributed by atoms with Gasteiger partial charge in [-0.25, -0.2) is 9.97 Å². The van der Waals surface area contributed by atoms with Crippen LogP contribution in [0.5, 0.6) is 17.2 Å². The predicted octanol–water partition coefficient (Wildman–Crippen LogP) is 5.39. The number of aromatic nitrogens is 4. The molecule has 0 saturated heterocycles. The largest absolute Gasteiger partial charge is 0.493 e. The van der Waals surface area contributed by atoms with Crippen molar-refractivity contribution in [3.63, 3.8) is 0 Å². The van der Waals surface area contributed by atoms with E-state index in [1.165, 1.54) is 0 Å². The van der Waals surface area contributed by atoms with Crippen molar-refractivity contribution < 1.29 is 14.3 Å². The van der Waals surface area contributed by atoms with Crippen LogP contribution < -0.4 is 14.8 Å². The van der Waals surface area contributed by atoms with Gasteiger partial charge in [-0.15, -0.1) is 0 Å². The molecule has 8 heteroatoms. The Labute approximate surface area is 209 Å². The van der Waals surface area contributed by atoms with Crippen LogP contribution in [0.2, 0.25) is 0 Å². The predicted molar refractivity (Wildman–Crippen MR) is 136 cm³/mol. The maximum atomic E-state index is 11.7. The number of nitrogens with one attached hydrogen (secondary N) is 2. The van der Waals surface area contributed by atoms with Gasteiger partial charge in [0, 0.05) is 41.8 Å². The van der Waals surface area contributed by atoms with Crippen molar-refractivity contribution in [2.75, 3.05) is 11.9 Å². The standard InChI is InChI=1S/C28H27N5O3/c1-16(2)22-13-17(7-9-29-22)23-14-31-27(32-23)19-11-18-12-20(3-5-24(18)35-15-19)36-25-8-10-30-28-21(25)4-6-26(34)33-28/h3,5,7-10,12-14,16,19H,4,6,11,15H2,1-2H3,(H,31,32)(H,30,33,34). The Hall–Kier alpha value is -4.20. The van der Waals surface area contributed by atoms with Crippen LogP contribution in [0, 0.1) is 0 Å². The van der Waals surface area contributed by atoms with E-state index in [2.05, 4.69) is 40.2 Å². The van der Waals surface area contributed by atoms with Gasteiger partial charge in [-0.1, -0.05) is 13.8 Å². The Bertz CT molecular complexity index is 1440. The number of rotatable bonds is 5. The number of aromatic amines is 1. The minimum atomic E-state index is -0.0190. The lowest BCUT2D eigenvalue weighted by Gasteiger charge is -2.25. The molecule has 2 aliphatic rings. The average molecular weight is 482 g/mol. The molecule has 0 aliphatic carbocycles. The first-order valence-corrected chi connectivity index (χ1v) is 12.3. The zero-order chi connectivity index (χ0) is 24.6. The molecule has 6 rings (SSSR count). The van der Waals surface area contributed by atoms with Crippen LogP contribution in [0.4, 0.5) is 5.82 Å². The van der Waals surface area contributed by atoms with Gasteiger partial charge in [0.15, 0.2) is 0 Å². The summed E-state index contributed by atoms with van der Waals surface area (Å²) in [5.74, 6) is 4.23. The molecular weight excluding hydrogens is 454 g/mol. The van der Waals surface area contributed by atoms with E-state index in [1.54, 1.807) is 6.20 Å². The molecule has 0 spiro atoms. The lowest BCUT2D eigenvalue weighted by Crippen LogP contribution is -2.20. The van der Waals surface area contributed by atoms with Crippen molar-refractivity contribution in [1.29, 1.82) is 0 Å². The van der Waals surface area contributed by atoms with Crippen LogP contribution in [-0.4, -0.2) is 32.4 Å². The SMILES string of the molecule is CC(C)c1cc(-c2c[nH]c(C3COc4ccc(Oc5ccnc6c5CCC(=O)N6)cc4C3)n2)ccn1. The first kappa shape index (κ1) is 22.3. The van der Waals surface area contributed by atoms with Gasteiger partial charge in [-0.05, 0) is 60.7 Å². The number of benzene rings is 1. The summed E-state index contributed by atoms with van der Waals surface area (Å²) >= 11 is 0. The third-order valence-electron chi connectivity index (χ3n) is 6.69. The monoisotopic (exact) mass is 481 g/mol. The summed E-state index contributed by atoms with van der Waals surface area (Å²) in [6.07, 6.45) is 7.27. The van der Waals surface area contributed by atoms with Crippen LogP contribution in [0.3, 0.4) is 0 Å². The van der Waals surface area contributed by atoms with Gasteiger partial charge in [0.1, 0.15) is 28.9 Å². The summed E-state index contributed by atoms with van der Waals surface area (Å²) < 4.78 is 12.3. The molecule has 4 aromatic rings. The number of H-pyrrole nitrogens is 1. The van der Waals surface area contributed by atoms with Gasteiger partial charge in [0.2, 0.25) is 5.91 Å². The first-order valence-electron chi connectivity index (χ1n) is 12.3. The van der Waals surface area contributed by atoms with E-state index in [0.29, 0.717) is 36.9 Å². The Kier molecular flexibility index (Phi) is 5.64. The number of carbonyl (C=O) groups is 1. The molecule has 1 aromatic carbocycles. The van der Waals surface area contributed by atoms with Gasteiger partial charge in [-0.2, -0.15) is 0 Å². The molecular formula is C28H27N5O3. The normalized spacial score (nSPS) is 16.6. The number of pyridine rings is 2. The van der Waals surface area contributed by atoms with E-state index in [9.17, 15) is 4.79 Å². The van der Waals surface area contributed by atoms with Crippen molar-refractivity contribution in [2.45, 2.75) is 44.9 Å². The molecule has 3 aromatic heterocycles. The van der Waals surface area contributed by atoms with Crippen molar-refractivity contribution in [1.82, 2.24) is 19.9 Å². The molecule has 0 saturated carbocycles. The van der Waals surface area contributed by atoms with Gasteiger partial charge >= 0.3 is 0 Å². The number of amides is 1. The van der Waals surface area contributed by atoms with Crippen LogP contribution in [-0.2, 0) is 17.6 Å². The van der Waals surface area contributed by atoms with Crippen molar-refractivity contribution >= 4 is 11.7 Å². The zero-order valence-electron chi connectivity index (χ0n) is 20.2. The van der Waals surface area contributed by atoms with Crippen molar-refractivity contribution in [3.8, 4) is 28.5 Å². The second-order valence-corrected chi connectivity index (χ2v) is 9.56. The van der Waals surface area contributed by atoms with E-state index < -0.39 is 0 Å². The molecule has 1 unspecified atom stereocenters. The fourth-order valence-electron chi connectivity index (χ4n) is 4.71. The summed E-state index contributed by atoms with van der Waals surface area (Å²) in [5.41, 5.74) is 5.01. The number of nitrogens with zero attached hydrogens (tertiary/aromatic N) is 3. The third-order valence-corrected chi connectivity index (χ3v) is 6.69. The van der Waals surface area contributed by atoms with Gasteiger partial charge in [0.05, 0.1) is 18.2 Å². The lowest BCUT2D eigenvalue weighted by atomic mass is 9.96. The first-order chi connectivity index (χ1) is 17.5. The van der Waals surface area contributed by atoms with E-state index in [1.807, 2.05) is 42.7 Å². The highest BCUT2D eigenvalue weighted by Crippen LogP contribution is 2.37. The highest BCUT2D eigenvalue weighted by molar-refractivity contribution is 5.93. The van der Waals surface area contributed by atoms with E-state index >= 15 is 0 Å². The highest BCUT2D eigenvalue weighted by atomic mass is 16.5. The molecule has 2 N–H and O–H groups in total. The molecule has 8 nitrogen and oxygen atoms in total. The van der Waals surface area contributed by atoms with Crippen molar-refractivity contribution in [2.24, 2.45) is 0 Å². The number of carbonyl (C=O) groups excluding carboxylic acids is 1. The van der Waals surface area contributed by atoms with Crippen LogP contribution in [0.15, 0.2) is 55.0 Å². The maximum absolute atomic E-state index is 11.7. The number of fused-ring (bicyclic) bond motifs is 2. The molecule has 2 aliphatic heterocycles. The fourth-order valence-corrected chi connectivity index (χ4v) is 4.71. The summed E-state index contributed by atoms with van der Waals surface area (Å²) in [6, 6.07) is 11.8. The second-order valence-electron chi connectivity index (χ2n) is 9.56. The van der Waals surface area contributed by atoms with Crippen LogP contribution in [0.1, 0.15) is 54.7 Å². The smallest absolute Gasteiger partial charge is 0.225 e. The molecule has 5 heterocycles. The Morgan fingerprint density at radius 2 is 1.97 bits per heavy atom. The lowest BCUT2D eigenvalue weighted by molar-refractivity contribution is -0.116. The molecule has 1 atom stereocenters. The molecule has 182 valence electrons. The molecule has 36 heavy (non-hydrogen) atoms. The Morgan fingerprint density at radius 3 is 2.86 bits per heavy atom. The third kappa shape index (κ3) is 4.30. The summed E-state index contributed by atoms with van der Waals surface area (Å²) in [5, 5.41) is 2.82. The summed E-state index contributed by atoms with van der Waals surface area (Å²) in [4.78, 5) is 28.7. The number of ether oxygens (including phenoxy) is 2. The molecule has 1 amide bonds. The highest BCUT2D eigenvalue weighted by Gasteiger charge is 2.25. The summed E-state index contributed by atoms with van der Waals surface area (Å²) in [7, 11) is 0. The van der Waals surface area contributed by atoms with Gasteiger partial charge in [0.25, 0.3) is 0 Å². The minimum Gasteiger partial charge on any atom is -0.493 e. The van der Waals surface area contributed by atoms with E-state index in [0.717, 1.165) is 51.8 Å². The number of anilines is 1. The zero-order valence-corrected chi connectivity index (χ0v) is 20.2. The van der Waals surface area contributed by atoms with Crippen LogP contribution >= 0.6 is 0 Å². The van der Waals surface area contributed by atoms with Gasteiger partial charge < -0.3 is 19.8 Å². The number of imidazole rings is 1. The maximum Gasteiger partial charge on any atom is 0.225 e. The topological polar surface area (TPSA) is 102 Å². The number of hydrogen-bond donors (Lipinski definition) is 2.